The van der Waals surface area contributed by atoms with Gasteiger partial charge in [-0.3, -0.25) is 0 Å². The summed E-state index contributed by atoms with van der Waals surface area (Å²) in [6.45, 7) is 0.171. The fourth-order valence-electron chi connectivity index (χ4n) is 3.03. The second kappa shape index (κ2) is 5.55. The summed E-state index contributed by atoms with van der Waals surface area (Å²) >= 11 is 3.33. The van der Waals surface area contributed by atoms with Gasteiger partial charge in [0.05, 0.1) is 25.9 Å². The standard InChI is InChI=1S/C14H15BrFNO4/c15-9-1-2-12(16)11(4-9)14-7-21-10(5-18)3-8(14)6-20-13(19)17-14/h1-2,4,8,10,18H,3,5-7H2,(H,17,19)/t8-,10+,14-/m0/s1. The van der Waals surface area contributed by atoms with Crippen molar-refractivity contribution in [3.05, 3.63) is 34.1 Å². The quantitative estimate of drug-likeness (QED) is 0.846. The number of hydrogen-bond acceptors (Lipinski definition) is 4. The van der Waals surface area contributed by atoms with Crippen LogP contribution in [-0.4, -0.2) is 37.1 Å². The lowest BCUT2D eigenvalue weighted by Crippen LogP contribution is -2.63. The lowest BCUT2D eigenvalue weighted by molar-refractivity contribution is -0.117. The second-order valence-electron chi connectivity index (χ2n) is 5.37. The van der Waals surface area contributed by atoms with Crippen molar-refractivity contribution in [1.29, 1.82) is 0 Å². The number of alkyl carbamates (subject to hydrolysis) is 1. The summed E-state index contributed by atoms with van der Waals surface area (Å²) in [5.41, 5.74) is -0.593. The molecule has 0 radical (unpaired) electrons. The number of amides is 1. The molecular formula is C14H15BrFNO4. The first-order chi connectivity index (χ1) is 10.0. The van der Waals surface area contributed by atoms with Gasteiger partial charge in [-0.2, -0.15) is 0 Å². The van der Waals surface area contributed by atoms with Crippen molar-refractivity contribution in [2.45, 2.75) is 18.1 Å². The van der Waals surface area contributed by atoms with E-state index in [1.165, 1.54) is 6.07 Å². The minimum Gasteiger partial charge on any atom is -0.449 e. The van der Waals surface area contributed by atoms with E-state index in [4.69, 9.17) is 9.47 Å². The van der Waals surface area contributed by atoms with Crippen LogP contribution >= 0.6 is 15.9 Å². The highest BCUT2D eigenvalue weighted by Crippen LogP contribution is 2.41. The SMILES string of the molecule is O=C1N[C@@]2(c3cc(Br)ccc3F)CO[C@@H](CO)C[C@H]2CO1. The first-order valence-electron chi connectivity index (χ1n) is 6.68. The Morgan fingerprint density at radius 3 is 3.10 bits per heavy atom. The zero-order valence-corrected chi connectivity index (χ0v) is 12.7. The van der Waals surface area contributed by atoms with Crippen LogP contribution in [0, 0.1) is 11.7 Å². The van der Waals surface area contributed by atoms with Crippen LogP contribution in [0.25, 0.3) is 0 Å². The van der Waals surface area contributed by atoms with E-state index in [0.717, 1.165) is 4.47 Å². The van der Waals surface area contributed by atoms with Gasteiger partial charge in [-0.05, 0) is 24.6 Å². The van der Waals surface area contributed by atoms with Crippen LogP contribution in [0.1, 0.15) is 12.0 Å². The molecule has 0 aliphatic carbocycles. The van der Waals surface area contributed by atoms with E-state index in [9.17, 15) is 14.3 Å². The molecule has 0 bridgehead atoms. The predicted molar refractivity (Wildman–Crippen MR) is 75.2 cm³/mol. The van der Waals surface area contributed by atoms with Crippen molar-refractivity contribution < 1.29 is 23.8 Å². The number of carbonyl (C=O) groups is 1. The summed E-state index contributed by atoms with van der Waals surface area (Å²) in [5.74, 6) is -0.568. The van der Waals surface area contributed by atoms with E-state index in [0.29, 0.717) is 12.0 Å². The van der Waals surface area contributed by atoms with Gasteiger partial charge in [-0.1, -0.05) is 15.9 Å². The lowest BCUT2D eigenvalue weighted by Gasteiger charge is -2.48. The van der Waals surface area contributed by atoms with E-state index >= 15 is 0 Å². The number of aliphatic hydroxyl groups excluding tert-OH is 1. The number of rotatable bonds is 2. The van der Waals surface area contributed by atoms with Crippen LogP contribution in [0.3, 0.4) is 0 Å². The highest BCUT2D eigenvalue weighted by Gasteiger charge is 2.51. The number of benzene rings is 1. The lowest BCUT2D eigenvalue weighted by atomic mass is 9.73. The minimum absolute atomic E-state index is 0.103. The molecule has 3 atom stereocenters. The first-order valence-corrected chi connectivity index (χ1v) is 7.47. The number of carbonyl (C=O) groups excluding carboxylic acids is 1. The van der Waals surface area contributed by atoms with Gasteiger partial charge >= 0.3 is 6.09 Å². The summed E-state index contributed by atoms with van der Waals surface area (Å²) in [6.07, 6.45) is -0.420. The number of ether oxygens (including phenoxy) is 2. The monoisotopic (exact) mass is 359 g/mol. The molecule has 5 nitrogen and oxygen atoms in total. The molecule has 1 amide bonds. The van der Waals surface area contributed by atoms with E-state index < -0.39 is 17.4 Å². The largest absolute Gasteiger partial charge is 0.449 e. The maximum atomic E-state index is 14.3. The Hall–Kier alpha value is -1.18. The molecule has 2 N–H and O–H groups in total. The zero-order valence-electron chi connectivity index (χ0n) is 11.1. The van der Waals surface area contributed by atoms with Crippen molar-refractivity contribution in [3.63, 3.8) is 0 Å². The molecule has 2 heterocycles. The van der Waals surface area contributed by atoms with Crippen LogP contribution in [-0.2, 0) is 15.0 Å². The average Bonchev–Trinajstić information content (AvgIpc) is 2.49. The number of hydrogen-bond donors (Lipinski definition) is 2. The molecule has 2 aliphatic heterocycles. The van der Waals surface area contributed by atoms with Gasteiger partial charge in [0, 0.05) is 16.0 Å². The summed E-state index contributed by atoms with van der Waals surface area (Å²) < 4.78 is 25.7. The van der Waals surface area contributed by atoms with E-state index in [1.807, 2.05) is 0 Å². The molecule has 21 heavy (non-hydrogen) atoms. The molecule has 3 rings (SSSR count). The number of cyclic esters (lactones) is 1. The van der Waals surface area contributed by atoms with Crippen molar-refractivity contribution >= 4 is 22.0 Å². The Kier molecular flexibility index (Phi) is 3.90. The van der Waals surface area contributed by atoms with Gasteiger partial charge < -0.3 is 19.9 Å². The fraction of sp³-hybridized carbons (Fsp3) is 0.500. The molecular weight excluding hydrogens is 345 g/mol. The van der Waals surface area contributed by atoms with Crippen molar-refractivity contribution in [3.8, 4) is 0 Å². The van der Waals surface area contributed by atoms with Crippen LogP contribution < -0.4 is 5.32 Å². The molecule has 114 valence electrons. The van der Waals surface area contributed by atoms with E-state index in [1.54, 1.807) is 12.1 Å². The Labute approximate surface area is 129 Å². The minimum atomic E-state index is -0.963. The third-order valence-electron chi connectivity index (χ3n) is 4.14. The fourth-order valence-corrected chi connectivity index (χ4v) is 3.39. The van der Waals surface area contributed by atoms with Crippen LogP contribution in [0.5, 0.6) is 0 Å². The Bertz CT molecular complexity index is 570. The van der Waals surface area contributed by atoms with Crippen LogP contribution in [0.2, 0.25) is 0 Å². The van der Waals surface area contributed by atoms with Gasteiger partial charge in [0.1, 0.15) is 11.4 Å². The topological polar surface area (TPSA) is 67.8 Å². The summed E-state index contributed by atoms with van der Waals surface area (Å²) in [4.78, 5) is 11.7. The van der Waals surface area contributed by atoms with Gasteiger partial charge in [0.25, 0.3) is 0 Å². The number of halogens is 2. The molecule has 7 heteroatoms. The number of nitrogens with one attached hydrogen (secondary N) is 1. The molecule has 0 saturated carbocycles. The molecule has 1 aromatic rings. The molecule has 0 spiro atoms. The summed E-state index contributed by atoms with van der Waals surface area (Å²) in [7, 11) is 0. The first kappa shape index (κ1) is 14.7. The highest BCUT2D eigenvalue weighted by molar-refractivity contribution is 9.10. The normalized spacial score (nSPS) is 32.0. The van der Waals surface area contributed by atoms with Crippen LogP contribution in [0.4, 0.5) is 9.18 Å². The Balaban J connectivity index is 2.04. The maximum Gasteiger partial charge on any atom is 0.407 e. The molecule has 2 aliphatic rings. The van der Waals surface area contributed by atoms with Crippen molar-refractivity contribution in [2.75, 3.05) is 19.8 Å². The molecule has 2 saturated heterocycles. The van der Waals surface area contributed by atoms with Crippen molar-refractivity contribution in [2.24, 2.45) is 5.92 Å². The highest BCUT2D eigenvalue weighted by atomic mass is 79.9. The third kappa shape index (κ3) is 2.54. The second-order valence-corrected chi connectivity index (χ2v) is 6.28. The summed E-state index contributed by atoms with van der Waals surface area (Å²) in [6, 6.07) is 4.60. The van der Waals surface area contributed by atoms with E-state index in [2.05, 4.69) is 21.2 Å². The predicted octanol–water partition coefficient (Wildman–Crippen LogP) is 1.92. The third-order valence-corrected chi connectivity index (χ3v) is 4.64. The van der Waals surface area contributed by atoms with Gasteiger partial charge in [0.2, 0.25) is 0 Å². The number of fused-ring (bicyclic) bond motifs is 1. The van der Waals surface area contributed by atoms with Gasteiger partial charge in [0.15, 0.2) is 0 Å². The Morgan fingerprint density at radius 2 is 2.33 bits per heavy atom. The molecule has 0 unspecified atom stereocenters. The molecule has 0 aromatic heterocycles. The molecule has 2 fully saturated rings. The molecule has 1 aromatic carbocycles. The van der Waals surface area contributed by atoms with Crippen LogP contribution in [0.15, 0.2) is 22.7 Å². The van der Waals surface area contributed by atoms with Gasteiger partial charge in [-0.15, -0.1) is 0 Å². The summed E-state index contributed by atoms with van der Waals surface area (Å²) in [5, 5.41) is 12.0. The maximum absolute atomic E-state index is 14.3. The van der Waals surface area contributed by atoms with Gasteiger partial charge in [-0.25, -0.2) is 9.18 Å². The van der Waals surface area contributed by atoms with Crippen molar-refractivity contribution in [1.82, 2.24) is 5.32 Å². The zero-order chi connectivity index (χ0) is 15.0. The number of aliphatic hydroxyl groups is 1. The van der Waals surface area contributed by atoms with E-state index in [-0.39, 0.29) is 31.8 Å². The smallest absolute Gasteiger partial charge is 0.407 e. The average molecular weight is 360 g/mol. The Morgan fingerprint density at radius 1 is 1.52 bits per heavy atom.